The fourth-order valence-corrected chi connectivity index (χ4v) is 2.58. The third-order valence-electron chi connectivity index (χ3n) is 3.48. The van der Waals surface area contributed by atoms with Gasteiger partial charge in [-0.3, -0.25) is 14.6 Å². The molecule has 0 aromatic rings. The summed E-state index contributed by atoms with van der Waals surface area (Å²) in [6, 6.07) is 0.633. The average molecular weight is 228 g/mol. The lowest BCUT2D eigenvalue weighted by molar-refractivity contribution is -0.138. The van der Waals surface area contributed by atoms with Gasteiger partial charge >= 0.3 is 5.97 Å². The summed E-state index contributed by atoms with van der Waals surface area (Å²) in [7, 11) is 0. The molecule has 0 aliphatic carbocycles. The Morgan fingerprint density at radius 3 is 2.38 bits per heavy atom. The predicted octanol–water partition coefficient (Wildman–Crippen LogP) is -0.132. The van der Waals surface area contributed by atoms with E-state index in [9.17, 15) is 4.79 Å². The highest BCUT2D eigenvalue weighted by molar-refractivity contribution is 5.69. The van der Waals surface area contributed by atoms with E-state index in [2.05, 4.69) is 4.90 Å². The maximum absolute atomic E-state index is 10.6. The molecule has 0 radical (unpaired) electrons. The zero-order chi connectivity index (χ0) is 11.4. The highest BCUT2D eigenvalue weighted by Crippen LogP contribution is 2.17. The minimum atomic E-state index is -0.718. The Hall–Kier alpha value is -0.650. The Bertz CT molecular complexity index is 233. The maximum atomic E-state index is 10.6. The van der Waals surface area contributed by atoms with Crippen LogP contribution in [-0.4, -0.2) is 72.9 Å². The van der Waals surface area contributed by atoms with E-state index in [1.807, 2.05) is 4.90 Å². The van der Waals surface area contributed by atoms with Crippen molar-refractivity contribution in [1.82, 2.24) is 9.80 Å². The van der Waals surface area contributed by atoms with Crippen LogP contribution in [0.25, 0.3) is 0 Å². The molecule has 0 saturated carbocycles. The number of carboxylic acid groups (broad SMARTS) is 1. The molecular weight excluding hydrogens is 208 g/mol. The summed E-state index contributed by atoms with van der Waals surface area (Å²) in [5.74, 6) is -0.718. The summed E-state index contributed by atoms with van der Waals surface area (Å²) in [5.41, 5.74) is 0. The van der Waals surface area contributed by atoms with Crippen molar-refractivity contribution in [2.75, 3.05) is 45.9 Å². The van der Waals surface area contributed by atoms with E-state index in [0.29, 0.717) is 6.04 Å². The zero-order valence-corrected chi connectivity index (χ0v) is 9.60. The molecule has 2 saturated heterocycles. The van der Waals surface area contributed by atoms with Crippen molar-refractivity contribution in [3.05, 3.63) is 0 Å². The van der Waals surface area contributed by atoms with Gasteiger partial charge in [0.05, 0.1) is 19.8 Å². The van der Waals surface area contributed by atoms with Crippen LogP contribution in [0.15, 0.2) is 0 Å². The van der Waals surface area contributed by atoms with Gasteiger partial charge in [-0.2, -0.15) is 0 Å². The smallest absolute Gasteiger partial charge is 0.317 e. The van der Waals surface area contributed by atoms with Crippen LogP contribution in [0.4, 0.5) is 0 Å². The number of rotatable bonds is 3. The molecular formula is C11H20N2O3. The molecule has 2 heterocycles. The Morgan fingerprint density at radius 2 is 1.81 bits per heavy atom. The van der Waals surface area contributed by atoms with E-state index >= 15 is 0 Å². The number of morpholine rings is 1. The predicted molar refractivity (Wildman–Crippen MR) is 59.5 cm³/mol. The topological polar surface area (TPSA) is 53.0 Å². The summed E-state index contributed by atoms with van der Waals surface area (Å²) in [6.45, 7) is 5.76. The second kappa shape index (κ2) is 5.61. The molecule has 92 valence electrons. The van der Waals surface area contributed by atoms with Crippen LogP contribution in [0, 0.1) is 0 Å². The molecule has 0 bridgehead atoms. The van der Waals surface area contributed by atoms with E-state index in [1.54, 1.807) is 0 Å². The summed E-state index contributed by atoms with van der Waals surface area (Å²) in [4.78, 5) is 15.1. The number of hydrogen-bond donors (Lipinski definition) is 1. The number of carbonyl (C=O) groups is 1. The first-order valence-corrected chi connectivity index (χ1v) is 6.01. The van der Waals surface area contributed by atoms with Gasteiger partial charge < -0.3 is 9.84 Å². The average Bonchev–Trinajstić information content (AvgIpc) is 2.30. The van der Waals surface area contributed by atoms with Crippen LogP contribution in [0.3, 0.4) is 0 Å². The highest BCUT2D eigenvalue weighted by atomic mass is 16.5. The lowest BCUT2D eigenvalue weighted by atomic mass is 10.0. The van der Waals surface area contributed by atoms with Crippen molar-refractivity contribution < 1.29 is 14.6 Å². The molecule has 0 aromatic heterocycles. The minimum absolute atomic E-state index is 0.190. The second-order valence-electron chi connectivity index (χ2n) is 4.55. The number of likely N-dealkylation sites (tertiary alicyclic amines) is 1. The van der Waals surface area contributed by atoms with Crippen LogP contribution < -0.4 is 0 Å². The molecule has 2 aliphatic heterocycles. The number of hydrogen-bond acceptors (Lipinski definition) is 4. The first-order chi connectivity index (χ1) is 7.75. The van der Waals surface area contributed by atoms with Crippen molar-refractivity contribution in [2.24, 2.45) is 0 Å². The number of nitrogens with zero attached hydrogens (tertiary/aromatic N) is 2. The van der Waals surface area contributed by atoms with Crippen LogP contribution in [-0.2, 0) is 9.53 Å². The fourth-order valence-electron chi connectivity index (χ4n) is 2.58. The monoisotopic (exact) mass is 228 g/mol. The van der Waals surface area contributed by atoms with Crippen molar-refractivity contribution in [3.8, 4) is 0 Å². The number of carboxylic acids is 1. The molecule has 5 heteroatoms. The molecule has 0 spiro atoms. The summed E-state index contributed by atoms with van der Waals surface area (Å²) in [5, 5.41) is 8.71. The zero-order valence-electron chi connectivity index (χ0n) is 9.60. The maximum Gasteiger partial charge on any atom is 0.317 e. The van der Waals surface area contributed by atoms with E-state index in [0.717, 1.165) is 52.2 Å². The van der Waals surface area contributed by atoms with Gasteiger partial charge in [-0.1, -0.05) is 0 Å². The van der Waals surface area contributed by atoms with Gasteiger partial charge in [0.25, 0.3) is 0 Å². The molecule has 0 unspecified atom stereocenters. The fraction of sp³-hybridized carbons (Fsp3) is 0.909. The summed E-state index contributed by atoms with van der Waals surface area (Å²) >= 11 is 0. The van der Waals surface area contributed by atoms with Crippen LogP contribution in [0.1, 0.15) is 12.8 Å². The second-order valence-corrected chi connectivity index (χ2v) is 4.55. The first-order valence-electron chi connectivity index (χ1n) is 6.01. The number of piperidine rings is 1. The van der Waals surface area contributed by atoms with Crippen molar-refractivity contribution in [1.29, 1.82) is 0 Å². The van der Waals surface area contributed by atoms with Gasteiger partial charge in [0.2, 0.25) is 0 Å². The first kappa shape index (κ1) is 11.8. The molecule has 2 fully saturated rings. The van der Waals surface area contributed by atoms with Gasteiger partial charge in [-0.15, -0.1) is 0 Å². The quantitative estimate of drug-likeness (QED) is 0.729. The van der Waals surface area contributed by atoms with E-state index < -0.39 is 5.97 Å². The standard InChI is InChI=1S/C11H20N2O3/c14-11(15)9-12-3-1-10(2-4-12)13-5-7-16-8-6-13/h10H,1-9H2,(H,14,15). The van der Waals surface area contributed by atoms with Crippen LogP contribution in [0.5, 0.6) is 0 Å². The SMILES string of the molecule is O=C(O)CN1CCC(N2CCOCC2)CC1. The molecule has 0 amide bonds. The molecule has 2 aliphatic rings. The normalized spacial score (nSPS) is 25.8. The number of aliphatic carboxylic acids is 1. The van der Waals surface area contributed by atoms with Gasteiger partial charge in [-0.25, -0.2) is 0 Å². The van der Waals surface area contributed by atoms with Crippen molar-refractivity contribution >= 4 is 5.97 Å². The van der Waals surface area contributed by atoms with Gasteiger partial charge in [0.15, 0.2) is 0 Å². The summed E-state index contributed by atoms with van der Waals surface area (Å²) < 4.78 is 5.33. The van der Waals surface area contributed by atoms with E-state index in [4.69, 9.17) is 9.84 Å². The molecule has 0 atom stereocenters. The largest absolute Gasteiger partial charge is 0.480 e. The Labute approximate surface area is 96.0 Å². The third kappa shape index (κ3) is 3.17. The molecule has 16 heavy (non-hydrogen) atoms. The Balaban J connectivity index is 1.73. The van der Waals surface area contributed by atoms with Crippen LogP contribution in [0.2, 0.25) is 0 Å². The third-order valence-corrected chi connectivity index (χ3v) is 3.48. The van der Waals surface area contributed by atoms with Crippen molar-refractivity contribution in [3.63, 3.8) is 0 Å². The van der Waals surface area contributed by atoms with Gasteiger partial charge in [0, 0.05) is 32.2 Å². The number of ether oxygens (including phenoxy) is 1. The minimum Gasteiger partial charge on any atom is -0.480 e. The van der Waals surface area contributed by atoms with E-state index in [1.165, 1.54) is 0 Å². The Kier molecular flexibility index (Phi) is 4.15. The van der Waals surface area contributed by atoms with Gasteiger partial charge in [0.1, 0.15) is 0 Å². The lowest BCUT2D eigenvalue weighted by Gasteiger charge is -2.39. The van der Waals surface area contributed by atoms with Gasteiger partial charge in [-0.05, 0) is 12.8 Å². The lowest BCUT2D eigenvalue weighted by Crippen LogP contribution is -2.49. The molecule has 0 aromatic carbocycles. The summed E-state index contributed by atoms with van der Waals surface area (Å²) in [6.07, 6.45) is 2.18. The van der Waals surface area contributed by atoms with Crippen LogP contribution >= 0.6 is 0 Å². The molecule has 2 rings (SSSR count). The Morgan fingerprint density at radius 1 is 1.19 bits per heavy atom. The molecule has 1 N–H and O–H groups in total. The van der Waals surface area contributed by atoms with Crippen molar-refractivity contribution in [2.45, 2.75) is 18.9 Å². The highest BCUT2D eigenvalue weighted by Gasteiger charge is 2.26. The van der Waals surface area contributed by atoms with E-state index in [-0.39, 0.29) is 6.54 Å². The molecule has 5 nitrogen and oxygen atoms in total.